The number of aliphatic imine (C=N–C) groups is 1. The van der Waals surface area contributed by atoms with Gasteiger partial charge >= 0.3 is 6.09 Å². The summed E-state index contributed by atoms with van der Waals surface area (Å²) in [5.41, 5.74) is 0.709. The number of ether oxygens (including phenoxy) is 1. The lowest BCUT2D eigenvalue weighted by atomic mass is 10.0. The number of carbonyl (C=O) groups excluding carboxylic acids is 1. The van der Waals surface area contributed by atoms with Crippen LogP contribution in [0.4, 0.5) is 4.79 Å². The average Bonchev–Trinajstić information content (AvgIpc) is 3.42. The Balaban J connectivity index is 1.50. The molecule has 0 atom stereocenters. The fourth-order valence-corrected chi connectivity index (χ4v) is 3.86. The molecule has 1 aromatic rings. The number of guanidine groups is 1. The van der Waals surface area contributed by atoms with Gasteiger partial charge in [-0.2, -0.15) is 5.10 Å². The molecule has 8 heteroatoms. The van der Waals surface area contributed by atoms with Crippen molar-refractivity contribution < 1.29 is 9.53 Å². The van der Waals surface area contributed by atoms with E-state index in [0.29, 0.717) is 5.92 Å². The summed E-state index contributed by atoms with van der Waals surface area (Å²) in [6.07, 6.45) is 8.08. The number of likely N-dealkylation sites (tertiary alicyclic amines) is 1. The number of nitrogens with zero attached hydrogens (tertiary/aromatic N) is 5. The van der Waals surface area contributed by atoms with Gasteiger partial charge in [0.2, 0.25) is 0 Å². The minimum absolute atomic E-state index is 0.162. The van der Waals surface area contributed by atoms with Gasteiger partial charge in [0.15, 0.2) is 5.96 Å². The Bertz CT molecular complexity index is 726. The molecule has 1 aliphatic heterocycles. The quantitative estimate of drug-likeness (QED) is 0.568. The normalized spacial score (nSPS) is 18.4. The summed E-state index contributed by atoms with van der Waals surface area (Å²) in [5, 5.41) is 7.77. The predicted octanol–water partition coefficient (Wildman–Crippen LogP) is 2.88. The number of amides is 1. The summed E-state index contributed by atoms with van der Waals surface area (Å²) in [7, 11) is 1.83. The molecule has 1 N–H and O–H groups in total. The third-order valence-electron chi connectivity index (χ3n) is 5.58. The fraction of sp³-hybridized carbons (Fsp3) is 0.773. The van der Waals surface area contributed by atoms with Crippen molar-refractivity contribution in [3.63, 3.8) is 0 Å². The van der Waals surface area contributed by atoms with Gasteiger partial charge in [0, 0.05) is 45.5 Å². The molecular formula is C22H38N6O2. The summed E-state index contributed by atoms with van der Waals surface area (Å²) >= 11 is 0. The highest BCUT2D eigenvalue weighted by Gasteiger charge is 2.35. The van der Waals surface area contributed by atoms with Crippen LogP contribution in [0.15, 0.2) is 17.4 Å². The molecule has 8 nitrogen and oxygen atoms in total. The molecule has 0 bridgehead atoms. The summed E-state index contributed by atoms with van der Waals surface area (Å²) in [6, 6.07) is 0.238. The summed E-state index contributed by atoms with van der Waals surface area (Å²) < 4.78 is 7.65. The minimum Gasteiger partial charge on any atom is -0.444 e. The molecule has 2 heterocycles. The van der Waals surface area contributed by atoms with Crippen LogP contribution in [-0.4, -0.2) is 76.5 Å². The van der Waals surface area contributed by atoms with Gasteiger partial charge in [-0.3, -0.25) is 9.67 Å². The second-order valence-corrected chi connectivity index (χ2v) is 9.55. The van der Waals surface area contributed by atoms with E-state index in [1.807, 2.05) is 56.7 Å². The van der Waals surface area contributed by atoms with Gasteiger partial charge in [-0.1, -0.05) is 0 Å². The SMILES string of the molecule is CN=C(NCCn1cc(C)cn1)N1CCC(N(CC2CC2)C(=O)OC(C)(C)C)CC1. The van der Waals surface area contributed by atoms with Gasteiger partial charge in [0.25, 0.3) is 0 Å². The van der Waals surface area contributed by atoms with Crippen molar-refractivity contribution in [2.45, 2.75) is 71.6 Å². The Hall–Kier alpha value is -2.25. The van der Waals surface area contributed by atoms with E-state index < -0.39 is 5.60 Å². The van der Waals surface area contributed by atoms with E-state index in [1.165, 1.54) is 18.4 Å². The molecule has 30 heavy (non-hydrogen) atoms. The van der Waals surface area contributed by atoms with Crippen molar-refractivity contribution in [3.8, 4) is 0 Å². The van der Waals surface area contributed by atoms with E-state index in [0.717, 1.165) is 51.5 Å². The minimum atomic E-state index is -0.460. The van der Waals surface area contributed by atoms with Crippen LogP contribution in [-0.2, 0) is 11.3 Å². The van der Waals surface area contributed by atoms with Gasteiger partial charge in [0.1, 0.15) is 5.60 Å². The lowest BCUT2D eigenvalue weighted by Gasteiger charge is -2.40. The zero-order valence-electron chi connectivity index (χ0n) is 19.2. The van der Waals surface area contributed by atoms with E-state index in [2.05, 4.69) is 20.3 Å². The summed E-state index contributed by atoms with van der Waals surface area (Å²) in [4.78, 5) is 21.6. The Morgan fingerprint density at radius 3 is 2.53 bits per heavy atom. The summed E-state index contributed by atoms with van der Waals surface area (Å²) in [5.74, 6) is 1.57. The van der Waals surface area contributed by atoms with E-state index in [1.54, 1.807) is 0 Å². The first-order chi connectivity index (χ1) is 14.2. The Labute approximate surface area is 180 Å². The van der Waals surface area contributed by atoms with Crippen LogP contribution >= 0.6 is 0 Å². The molecule has 1 saturated heterocycles. The first kappa shape index (κ1) is 22.4. The van der Waals surface area contributed by atoms with Crippen LogP contribution in [0.1, 0.15) is 52.0 Å². The number of hydrogen-bond acceptors (Lipinski definition) is 4. The van der Waals surface area contributed by atoms with Gasteiger partial charge in [-0.25, -0.2) is 4.79 Å². The molecular weight excluding hydrogens is 380 g/mol. The van der Waals surface area contributed by atoms with Crippen LogP contribution < -0.4 is 5.32 Å². The highest BCUT2D eigenvalue weighted by Crippen LogP contribution is 2.32. The Morgan fingerprint density at radius 1 is 1.30 bits per heavy atom. The highest BCUT2D eigenvalue weighted by atomic mass is 16.6. The van der Waals surface area contributed by atoms with Gasteiger partial charge in [-0.15, -0.1) is 0 Å². The number of nitrogens with one attached hydrogen (secondary N) is 1. The Kier molecular flexibility index (Phi) is 7.26. The lowest BCUT2D eigenvalue weighted by Crippen LogP contribution is -2.52. The smallest absolute Gasteiger partial charge is 0.410 e. The van der Waals surface area contributed by atoms with Crippen molar-refractivity contribution >= 4 is 12.1 Å². The van der Waals surface area contributed by atoms with E-state index in [4.69, 9.17) is 4.74 Å². The molecule has 3 rings (SSSR count). The van der Waals surface area contributed by atoms with Crippen LogP contribution in [0.2, 0.25) is 0 Å². The third-order valence-corrected chi connectivity index (χ3v) is 5.58. The molecule has 2 fully saturated rings. The molecule has 0 spiro atoms. The topological polar surface area (TPSA) is 75.0 Å². The monoisotopic (exact) mass is 418 g/mol. The van der Waals surface area contributed by atoms with Gasteiger partial charge in [0.05, 0.1) is 12.7 Å². The van der Waals surface area contributed by atoms with Crippen molar-refractivity contribution in [3.05, 3.63) is 18.0 Å². The Morgan fingerprint density at radius 2 is 2.00 bits per heavy atom. The standard InChI is InChI=1S/C22H38N6O2/c1-17-14-25-27(15-17)13-10-24-20(23-5)26-11-8-19(9-12-26)28(16-18-6-7-18)21(29)30-22(2,3)4/h14-15,18-19H,6-13,16H2,1-5H3,(H,23,24). The van der Waals surface area contributed by atoms with Crippen LogP contribution in [0.25, 0.3) is 0 Å². The summed E-state index contributed by atoms with van der Waals surface area (Å²) in [6.45, 7) is 12.0. The first-order valence-corrected chi connectivity index (χ1v) is 11.2. The largest absolute Gasteiger partial charge is 0.444 e. The van der Waals surface area contributed by atoms with E-state index in [-0.39, 0.29) is 12.1 Å². The second-order valence-electron chi connectivity index (χ2n) is 9.55. The zero-order valence-corrected chi connectivity index (χ0v) is 19.2. The number of aryl methyl sites for hydroxylation is 1. The molecule has 2 aliphatic rings. The molecule has 0 radical (unpaired) electrons. The molecule has 1 amide bonds. The number of carbonyl (C=O) groups is 1. The number of piperidine rings is 1. The number of hydrogen-bond donors (Lipinski definition) is 1. The number of aromatic nitrogens is 2. The molecule has 1 saturated carbocycles. The predicted molar refractivity (Wildman–Crippen MR) is 119 cm³/mol. The molecule has 1 aromatic heterocycles. The van der Waals surface area contributed by atoms with Crippen molar-refractivity contribution in [2.24, 2.45) is 10.9 Å². The number of rotatable bonds is 6. The second kappa shape index (κ2) is 9.71. The van der Waals surface area contributed by atoms with Crippen molar-refractivity contribution in [1.82, 2.24) is 24.9 Å². The lowest BCUT2D eigenvalue weighted by molar-refractivity contribution is 0.00928. The van der Waals surface area contributed by atoms with Crippen molar-refractivity contribution in [2.75, 3.05) is 33.2 Å². The van der Waals surface area contributed by atoms with E-state index >= 15 is 0 Å². The van der Waals surface area contributed by atoms with Gasteiger partial charge < -0.3 is 19.9 Å². The van der Waals surface area contributed by atoms with Gasteiger partial charge in [-0.05, 0) is 64.9 Å². The maximum absolute atomic E-state index is 12.8. The molecule has 1 aliphatic carbocycles. The maximum atomic E-state index is 12.8. The first-order valence-electron chi connectivity index (χ1n) is 11.2. The van der Waals surface area contributed by atoms with E-state index in [9.17, 15) is 4.79 Å². The molecule has 0 aromatic carbocycles. The van der Waals surface area contributed by atoms with Crippen LogP contribution in [0.5, 0.6) is 0 Å². The third kappa shape index (κ3) is 6.64. The maximum Gasteiger partial charge on any atom is 0.410 e. The fourth-order valence-electron chi connectivity index (χ4n) is 3.86. The highest BCUT2D eigenvalue weighted by molar-refractivity contribution is 5.80. The van der Waals surface area contributed by atoms with Crippen LogP contribution in [0.3, 0.4) is 0 Å². The zero-order chi connectivity index (χ0) is 21.7. The van der Waals surface area contributed by atoms with Crippen LogP contribution in [0, 0.1) is 12.8 Å². The molecule has 168 valence electrons. The molecule has 0 unspecified atom stereocenters. The van der Waals surface area contributed by atoms with Crippen molar-refractivity contribution in [1.29, 1.82) is 0 Å². The average molecular weight is 419 g/mol.